The molecule has 4 bridgehead atoms. The first-order valence-corrected chi connectivity index (χ1v) is 12.3. The zero-order valence-corrected chi connectivity index (χ0v) is 20.0. The molecule has 2 aromatic carbocycles. The van der Waals surface area contributed by atoms with Gasteiger partial charge in [-0.2, -0.15) is 0 Å². The van der Waals surface area contributed by atoms with Gasteiger partial charge in [0.15, 0.2) is 11.5 Å². The smallest absolute Gasteiger partial charge is 0.162 e. The van der Waals surface area contributed by atoms with Crippen molar-refractivity contribution in [3.63, 3.8) is 0 Å². The minimum Gasteiger partial charge on any atom is -0.493 e. The fourth-order valence-electron chi connectivity index (χ4n) is 6.29. The van der Waals surface area contributed by atoms with Crippen molar-refractivity contribution in [2.24, 2.45) is 23.7 Å². The molecule has 0 unspecified atom stereocenters. The Morgan fingerprint density at radius 2 is 1.77 bits per heavy atom. The average Bonchev–Trinajstić information content (AvgIpc) is 2.73. The first kappa shape index (κ1) is 21.5. The predicted molar refractivity (Wildman–Crippen MR) is 124 cm³/mol. The van der Waals surface area contributed by atoms with Crippen LogP contribution in [0.25, 0.3) is 0 Å². The second-order valence-electron chi connectivity index (χ2n) is 9.42. The van der Waals surface area contributed by atoms with Crippen LogP contribution in [0.2, 0.25) is 5.02 Å². The van der Waals surface area contributed by atoms with Crippen LogP contribution in [-0.2, 0) is 13.2 Å². The van der Waals surface area contributed by atoms with Gasteiger partial charge in [0.25, 0.3) is 0 Å². The van der Waals surface area contributed by atoms with E-state index in [1.807, 2.05) is 12.1 Å². The van der Waals surface area contributed by atoms with E-state index in [-0.39, 0.29) is 12.4 Å². The number of benzene rings is 2. The van der Waals surface area contributed by atoms with Crippen molar-refractivity contribution in [1.82, 2.24) is 5.32 Å². The summed E-state index contributed by atoms with van der Waals surface area (Å²) in [7, 11) is 1.63. The van der Waals surface area contributed by atoms with Crippen LogP contribution in [-0.4, -0.2) is 13.2 Å². The highest BCUT2D eigenvalue weighted by Gasteiger charge is 2.47. The van der Waals surface area contributed by atoms with E-state index in [1.54, 1.807) is 19.2 Å². The minimum atomic E-state index is -0.373. The third-order valence-corrected chi connectivity index (χ3v) is 8.61. The van der Waals surface area contributed by atoms with Gasteiger partial charge >= 0.3 is 0 Å². The summed E-state index contributed by atoms with van der Waals surface area (Å²) >= 11 is 9.82. The average molecular weight is 509 g/mol. The van der Waals surface area contributed by atoms with Crippen molar-refractivity contribution in [3.8, 4) is 11.5 Å². The fraction of sp³-hybridized carbons (Fsp3) is 0.520. The van der Waals surface area contributed by atoms with Crippen LogP contribution in [0.3, 0.4) is 0 Å². The van der Waals surface area contributed by atoms with Crippen LogP contribution < -0.4 is 14.8 Å². The molecule has 6 rings (SSSR count). The molecule has 4 saturated carbocycles. The van der Waals surface area contributed by atoms with Gasteiger partial charge in [-0.25, -0.2) is 4.39 Å². The van der Waals surface area contributed by atoms with Crippen LogP contribution in [0, 0.1) is 29.5 Å². The predicted octanol–water partition coefficient (Wildman–Crippen LogP) is 6.74. The maximum absolute atomic E-state index is 14.1. The molecule has 1 N–H and O–H groups in total. The molecule has 166 valence electrons. The third kappa shape index (κ3) is 4.34. The summed E-state index contributed by atoms with van der Waals surface area (Å²) in [6.45, 7) is 0.836. The van der Waals surface area contributed by atoms with E-state index >= 15 is 0 Å². The molecular weight excluding hydrogens is 481 g/mol. The van der Waals surface area contributed by atoms with E-state index in [1.165, 1.54) is 38.2 Å². The Bertz CT molecular complexity index is 921. The number of methoxy groups -OCH3 is 1. The molecule has 0 saturated heterocycles. The molecule has 0 atom stereocenters. The molecular formula is C25H28BrClFNO2. The number of hydrogen-bond donors (Lipinski definition) is 1. The van der Waals surface area contributed by atoms with E-state index in [0.29, 0.717) is 28.1 Å². The summed E-state index contributed by atoms with van der Waals surface area (Å²) in [4.78, 5) is 0. The quantitative estimate of drug-likeness (QED) is 0.449. The first-order chi connectivity index (χ1) is 15.0. The van der Waals surface area contributed by atoms with E-state index in [2.05, 4.69) is 21.2 Å². The van der Waals surface area contributed by atoms with Gasteiger partial charge in [0, 0.05) is 22.6 Å². The summed E-state index contributed by atoms with van der Waals surface area (Å²) in [5, 5.41) is 4.23. The van der Waals surface area contributed by atoms with Gasteiger partial charge in [-0.05, 0) is 85.6 Å². The van der Waals surface area contributed by atoms with Crippen LogP contribution in [0.4, 0.5) is 4.39 Å². The first-order valence-electron chi connectivity index (χ1n) is 11.2. The molecule has 4 fully saturated rings. The summed E-state index contributed by atoms with van der Waals surface area (Å²) in [6.07, 6.45) is 7.09. The lowest BCUT2D eigenvalue weighted by Gasteiger charge is -2.54. The Labute approximate surface area is 196 Å². The van der Waals surface area contributed by atoms with E-state index < -0.39 is 0 Å². The van der Waals surface area contributed by atoms with Crippen molar-refractivity contribution in [2.75, 3.05) is 7.11 Å². The molecule has 2 aromatic rings. The normalized spacial score (nSPS) is 28.7. The lowest BCUT2D eigenvalue weighted by atomic mass is 9.54. The molecule has 0 aromatic heterocycles. The van der Waals surface area contributed by atoms with Gasteiger partial charge < -0.3 is 14.8 Å². The van der Waals surface area contributed by atoms with Gasteiger partial charge in [0.2, 0.25) is 0 Å². The summed E-state index contributed by atoms with van der Waals surface area (Å²) < 4.78 is 26.5. The molecule has 4 aliphatic rings. The fourth-order valence-corrected chi connectivity index (χ4v) is 6.97. The molecule has 6 heteroatoms. The Morgan fingerprint density at radius 3 is 2.42 bits per heavy atom. The topological polar surface area (TPSA) is 30.5 Å². The Balaban J connectivity index is 1.27. The number of hydrogen-bond acceptors (Lipinski definition) is 3. The van der Waals surface area contributed by atoms with Crippen LogP contribution in [0.15, 0.2) is 34.8 Å². The summed E-state index contributed by atoms with van der Waals surface area (Å²) in [5.74, 6) is 4.46. The molecule has 0 spiro atoms. The molecule has 0 radical (unpaired) electrons. The highest BCUT2D eigenvalue weighted by molar-refractivity contribution is 9.10. The van der Waals surface area contributed by atoms with Gasteiger partial charge in [-0.1, -0.05) is 33.6 Å². The van der Waals surface area contributed by atoms with E-state index in [0.717, 1.165) is 40.3 Å². The second kappa shape index (κ2) is 8.92. The molecule has 31 heavy (non-hydrogen) atoms. The van der Waals surface area contributed by atoms with Crippen molar-refractivity contribution < 1.29 is 13.9 Å². The maximum atomic E-state index is 14.1. The van der Waals surface area contributed by atoms with Crippen LogP contribution >= 0.6 is 27.5 Å². The van der Waals surface area contributed by atoms with Crippen molar-refractivity contribution >= 4 is 27.5 Å². The summed E-state index contributed by atoms with van der Waals surface area (Å²) in [6, 6.07) is 9.17. The van der Waals surface area contributed by atoms with Crippen LogP contribution in [0.5, 0.6) is 11.5 Å². The third-order valence-electron chi connectivity index (χ3n) is 7.52. The van der Waals surface area contributed by atoms with Crippen molar-refractivity contribution in [1.29, 1.82) is 0 Å². The van der Waals surface area contributed by atoms with E-state index in [9.17, 15) is 4.39 Å². The van der Waals surface area contributed by atoms with Gasteiger partial charge in [-0.15, -0.1) is 0 Å². The van der Waals surface area contributed by atoms with Gasteiger partial charge in [-0.3, -0.25) is 0 Å². The molecule has 3 nitrogen and oxygen atoms in total. The molecule has 0 heterocycles. The van der Waals surface area contributed by atoms with Gasteiger partial charge in [0.05, 0.1) is 12.1 Å². The Morgan fingerprint density at radius 1 is 1.06 bits per heavy atom. The summed E-state index contributed by atoms with van der Waals surface area (Å²) in [5.41, 5.74) is 1.48. The SMILES string of the molecule is COc1cc(CNC2C3CC4CC(C3)CC2C4)c(Br)cc1OCc1c(F)cccc1Cl. The zero-order valence-electron chi connectivity index (χ0n) is 17.7. The van der Waals surface area contributed by atoms with Crippen LogP contribution in [0.1, 0.15) is 43.2 Å². The number of ether oxygens (including phenoxy) is 2. The monoisotopic (exact) mass is 507 g/mol. The second-order valence-corrected chi connectivity index (χ2v) is 10.7. The molecule has 4 aliphatic carbocycles. The van der Waals surface area contributed by atoms with Gasteiger partial charge in [0.1, 0.15) is 12.4 Å². The highest BCUT2D eigenvalue weighted by Crippen LogP contribution is 2.53. The lowest BCUT2D eigenvalue weighted by Crippen LogP contribution is -2.54. The number of rotatable bonds is 7. The number of halogens is 3. The number of nitrogens with one attached hydrogen (secondary N) is 1. The highest BCUT2D eigenvalue weighted by atomic mass is 79.9. The lowest BCUT2D eigenvalue weighted by molar-refractivity contribution is -0.0142. The standard InChI is InChI=1S/C25H28BrClFNO2/c1-30-23-10-18(12-29-25-16-6-14-5-15(8-16)9-17(25)7-14)20(26)11-24(23)31-13-19-21(27)3-2-4-22(19)28/h2-4,10-11,14-17,25,29H,5-9,12-13H2,1H3. The Kier molecular flexibility index (Phi) is 6.19. The molecule has 0 amide bonds. The molecule has 0 aliphatic heterocycles. The van der Waals surface area contributed by atoms with Crippen molar-refractivity contribution in [2.45, 2.75) is 51.3 Å². The largest absolute Gasteiger partial charge is 0.493 e. The Hall–Kier alpha value is -1.30. The maximum Gasteiger partial charge on any atom is 0.162 e. The van der Waals surface area contributed by atoms with E-state index in [4.69, 9.17) is 21.1 Å². The van der Waals surface area contributed by atoms with Crippen molar-refractivity contribution in [3.05, 3.63) is 56.8 Å². The minimum absolute atomic E-state index is 0.0413. The zero-order chi connectivity index (χ0) is 21.5.